The highest BCUT2D eigenvalue weighted by molar-refractivity contribution is 6.05. The van der Waals surface area contributed by atoms with Crippen molar-refractivity contribution >= 4 is 23.2 Å². The van der Waals surface area contributed by atoms with Crippen LogP contribution in [0, 0.1) is 48.4 Å². The van der Waals surface area contributed by atoms with E-state index in [2.05, 4.69) is 37.3 Å². The van der Waals surface area contributed by atoms with Crippen molar-refractivity contribution in [2.24, 2.45) is 0 Å². The number of anilines is 2. The van der Waals surface area contributed by atoms with E-state index in [1.165, 1.54) is 12.1 Å². The Bertz CT molecular complexity index is 2510. The maximum absolute atomic E-state index is 13.8. The van der Waals surface area contributed by atoms with Crippen LogP contribution in [0.5, 0.6) is 0 Å². The highest BCUT2D eigenvalue weighted by Crippen LogP contribution is 2.30. The van der Waals surface area contributed by atoms with E-state index >= 15 is 0 Å². The van der Waals surface area contributed by atoms with Gasteiger partial charge in [-0.3, -0.25) is 9.59 Å². The number of nitrogens with one attached hydrogen (secondary N) is 3. The van der Waals surface area contributed by atoms with E-state index in [1.54, 1.807) is 48.5 Å². The molecule has 6 aromatic carbocycles. The fourth-order valence-corrected chi connectivity index (χ4v) is 5.64. The molecule has 2 amide bonds. The number of aryl methyl sites for hydroxylation is 2. The van der Waals surface area contributed by atoms with Crippen molar-refractivity contribution in [2.75, 3.05) is 10.6 Å². The van der Waals surface area contributed by atoms with E-state index in [9.17, 15) is 27.2 Å². The molecule has 3 N–H and O–H groups in total. The van der Waals surface area contributed by atoms with Crippen LogP contribution in [-0.4, -0.2) is 32.4 Å². The van der Waals surface area contributed by atoms with Crippen molar-refractivity contribution in [3.63, 3.8) is 0 Å². The number of rotatable bonds is 7. The van der Waals surface area contributed by atoms with E-state index in [1.807, 2.05) is 50.2 Å². The number of aromatic nitrogens is 4. The summed E-state index contributed by atoms with van der Waals surface area (Å²) in [5.74, 6) is -4.85. The van der Waals surface area contributed by atoms with E-state index in [-0.39, 0.29) is 0 Å². The van der Waals surface area contributed by atoms with Gasteiger partial charge < -0.3 is 10.6 Å². The summed E-state index contributed by atoms with van der Waals surface area (Å²) in [6.45, 7) is 3.92. The third-order valence-electron chi connectivity index (χ3n) is 8.49. The zero-order chi connectivity index (χ0) is 39.1. The topological polar surface area (TPSA) is 136 Å². The minimum atomic E-state index is -0.914. The maximum Gasteiger partial charge on any atom is 0.261 e. The second kappa shape index (κ2) is 16.5. The van der Waals surface area contributed by atoms with Gasteiger partial charge in [-0.2, -0.15) is 10.5 Å². The molecule has 0 aliphatic carbocycles. The Morgan fingerprint density at radius 2 is 1.04 bits per heavy atom. The molecule has 7 rings (SSSR count). The summed E-state index contributed by atoms with van der Waals surface area (Å²) < 4.78 is 54.9. The Morgan fingerprint density at radius 1 is 0.600 bits per heavy atom. The minimum Gasteiger partial charge on any atom is -0.322 e. The molecule has 0 atom stereocenters. The Hall–Kier alpha value is -7.46. The Morgan fingerprint density at radius 3 is 1.47 bits per heavy atom. The molecule has 0 bridgehead atoms. The van der Waals surface area contributed by atoms with Crippen molar-refractivity contribution in [2.45, 2.75) is 13.8 Å². The number of benzene rings is 6. The van der Waals surface area contributed by atoms with Gasteiger partial charge in [-0.05, 0) is 119 Å². The normalized spacial score (nSPS) is 10.5. The van der Waals surface area contributed by atoms with Crippen LogP contribution in [0.1, 0.15) is 37.4 Å². The molecule has 13 heteroatoms. The molecular formula is C42H29F4N7O2. The minimum absolute atomic E-state index is 0.412. The van der Waals surface area contributed by atoms with Crippen LogP contribution in [0.2, 0.25) is 0 Å². The Balaban J connectivity index is 0.000000188. The Labute approximate surface area is 312 Å². The van der Waals surface area contributed by atoms with E-state index in [0.717, 1.165) is 63.2 Å². The predicted octanol–water partition coefficient (Wildman–Crippen LogP) is 9.44. The number of hydrogen-bond acceptors (Lipinski definition) is 6. The van der Waals surface area contributed by atoms with Crippen LogP contribution >= 0.6 is 0 Å². The fraction of sp³-hybridized carbons (Fsp3) is 0.0476. The second-order valence-electron chi connectivity index (χ2n) is 12.2. The number of carbonyl (C=O) groups excluding carboxylic acids is 2. The van der Waals surface area contributed by atoms with Gasteiger partial charge in [0.25, 0.3) is 11.8 Å². The van der Waals surface area contributed by atoms with Gasteiger partial charge >= 0.3 is 0 Å². The summed E-state index contributed by atoms with van der Waals surface area (Å²) in [5, 5.41) is 28.0. The number of H-pyrrole nitrogens is 1. The summed E-state index contributed by atoms with van der Waals surface area (Å²) in [4.78, 5) is 24.3. The molecule has 0 saturated carbocycles. The number of tetrazole rings is 1. The lowest BCUT2D eigenvalue weighted by molar-refractivity contribution is 0.101. The third kappa shape index (κ3) is 8.61. The molecule has 7 aromatic rings. The number of nitriles is 1. The molecule has 272 valence electrons. The molecule has 0 aliphatic heterocycles. The first-order valence-electron chi connectivity index (χ1n) is 16.6. The molecule has 0 fully saturated rings. The molecule has 55 heavy (non-hydrogen) atoms. The average Bonchev–Trinajstić information content (AvgIpc) is 3.72. The smallest absolute Gasteiger partial charge is 0.261 e. The lowest BCUT2D eigenvalue weighted by atomic mass is 9.97. The second-order valence-corrected chi connectivity index (χ2v) is 12.2. The van der Waals surface area contributed by atoms with Gasteiger partial charge in [0.05, 0.1) is 11.6 Å². The monoisotopic (exact) mass is 739 g/mol. The molecule has 1 heterocycles. The Kier molecular flexibility index (Phi) is 11.2. The van der Waals surface area contributed by atoms with Crippen LogP contribution in [0.25, 0.3) is 33.6 Å². The first-order valence-corrected chi connectivity index (χ1v) is 16.6. The standard InChI is InChI=1S/C21H15F2N5O.C21H14F2N2O/c1-12-5-6-14(20-25-27-28-26-20)11-16(12)13-7-9-15(10-8-13)24-21(29)19-17(22)3-2-4-18(19)23;1-13-5-6-14(12-24)11-17(13)15-7-9-16(10-8-15)25-21(26)20-18(22)3-2-4-19(20)23/h2-11H,1H3,(H,24,29)(H,25,26,27,28);2-11H,1H3,(H,25,26). The highest BCUT2D eigenvalue weighted by Gasteiger charge is 2.18. The molecule has 0 spiro atoms. The van der Waals surface area contributed by atoms with E-state index in [0.29, 0.717) is 22.8 Å². The highest BCUT2D eigenvalue weighted by atomic mass is 19.1. The van der Waals surface area contributed by atoms with Crippen LogP contribution < -0.4 is 10.6 Å². The number of aromatic amines is 1. The maximum atomic E-state index is 13.8. The van der Waals surface area contributed by atoms with Crippen LogP contribution in [0.15, 0.2) is 121 Å². The third-order valence-corrected chi connectivity index (χ3v) is 8.49. The van der Waals surface area contributed by atoms with Crippen LogP contribution in [0.3, 0.4) is 0 Å². The van der Waals surface area contributed by atoms with Crippen molar-refractivity contribution in [3.05, 3.63) is 172 Å². The van der Waals surface area contributed by atoms with Gasteiger partial charge in [0.15, 0.2) is 0 Å². The zero-order valence-corrected chi connectivity index (χ0v) is 29.2. The van der Waals surface area contributed by atoms with Crippen LogP contribution in [-0.2, 0) is 0 Å². The number of hydrogen-bond donors (Lipinski definition) is 3. The van der Waals surface area contributed by atoms with Gasteiger partial charge in [0.2, 0.25) is 5.82 Å². The van der Waals surface area contributed by atoms with E-state index < -0.39 is 46.2 Å². The predicted molar refractivity (Wildman–Crippen MR) is 200 cm³/mol. The summed E-state index contributed by atoms with van der Waals surface area (Å²) in [6, 6.07) is 33.7. The zero-order valence-electron chi connectivity index (χ0n) is 29.2. The summed E-state index contributed by atoms with van der Waals surface area (Å²) >= 11 is 0. The molecular weight excluding hydrogens is 711 g/mol. The summed E-state index contributed by atoms with van der Waals surface area (Å²) in [6.07, 6.45) is 0. The fourth-order valence-electron chi connectivity index (χ4n) is 5.64. The molecule has 0 aliphatic rings. The SMILES string of the molecule is Cc1ccc(-c2nn[nH]n2)cc1-c1ccc(NC(=O)c2c(F)cccc2F)cc1.Cc1ccc(C#N)cc1-c1ccc(NC(=O)c2c(F)cccc2F)cc1. The van der Waals surface area contributed by atoms with Crippen molar-refractivity contribution in [1.29, 1.82) is 5.26 Å². The summed E-state index contributed by atoms with van der Waals surface area (Å²) in [5.41, 5.74) is 6.67. The molecule has 0 unspecified atom stereocenters. The largest absolute Gasteiger partial charge is 0.322 e. The first kappa shape index (κ1) is 37.3. The van der Waals surface area contributed by atoms with Crippen LogP contribution in [0.4, 0.5) is 28.9 Å². The number of halogens is 4. The quantitative estimate of drug-likeness (QED) is 0.139. The number of amides is 2. The number of nitrogens with zero attached hydrogens (tertiary/aromatic N) is 4. The van der Waals surface area contributed by atoms with E-state index in [4.69, 9.17) is 5.26 Å². The van der Waals surface area contributed by atoms with Gasteiger partial charge in [0.1, 0.15) is 34.4 Å². The van der Waals surface area contributed by atoms with Gasteiger partial charge in [-0.25, -0.2) is 17.6 Å². The molecule has 0 saturated heterocycles. The number of carbonyl (C=O) groups is 2. The van der Waals surface area contributed by atoms with Crippen molar-refractivity contribution in [3.8, 4) is 39.7 Å². The van der Waals surface area contributed by atoms with Gasteiger partial charge in [-0.1, -0.05) is 54.6 Å². The van der Waals surface area contributed by atoms with Gasteiger partial charge in [0, 0.05) is 16.9 Å². The molecule has 0 radical (unpaired) electrons. The van der Waals surface area contributed by atoms with Gasteiger partial charge in [-0.15, -0.1) is 10.2 Å². The van der Waals surface area contributed by atoms with Crippen molar-refractivity contribution in [1.82, 2.24) is 20.6 Å². The molecule has 9 nitrogen and oxygen atoms in total. The lowest BCUT2D eigenvalue weighted by Gasteiger charge is -2.10. The average molecular weight is 740 g/mol. The first-order chi connectivity index (χ1) is 26.5. The van der Waals surface area contributed by atoms with Crippen molar-refractivity contribution < 1.29 is 27.2 Å². The summed E-state index contributed by atoms with van der Waals surface area (Å²) in [7, 11) is 0. The lowest BCUT2D eigenvalue weighted by Crippen LogP contribution is -2.15. The molecule has 1 aromatic heterocycles.